The van der Waals surface area contributed by atoms with E-state index in [4.69, 9.17) is 14.5 Å². The number of methoxy groups -OCH3 is 1. The Kier molecular flexibility index (Phi) is 11.8. The van der Waals surface area contributed by atoms with Crippen LogP contribution >= 0.6 is 24.0 Å². The van der Waals surface area contributed by atoms with Gasteiger partial charge in [0.2, 0.25) is 0 Å². The van der Waals surface area contributed by atoms with Crippen molar-refractivity contribution in [3.63, 3.8) is 0 Å². The summed E-state index contributed by atoms with van der Waals surface area (Å²) in [6.45, 7) is 6.93. The van der Waals surface area contributed by atoms with Crippen molar-refractivity contribution < 1.29 is 9.47 Å². The Morgan fingerprint density at radius 2 is 1.87 bits per heavy atom. The Hall–Kier alpha value is -1.22. The SMILES string of the molecule is CCNC(=NCc1cccc(OC)c1OC1CCCC1)NCCC1CCN(C)CC1.I. The molecular formula is C24H41IN4O2. The van der Waals surface area contributed by atoms with E-state index in [1.165, 1.54) is 45.2 Å². The number of ether oxygens (including phenoxy) is 2. The van der Waals surface area contributed by atoms with Crippen LogP contribution in [0.25, 0.3) is 0 Å². The van der Waals surface area contributed by atoms with E-state index in [-0.39, 0.29) is 24.0 Å². The molecule has 6 nitrogen and oxygen atoms in total. The van der Waals surface area contributed by atoms with Crippen molar-refractivity contribution in [1.29, 1.82) is 0 Å². The van der Waals surface area contributed by atoms with E-state index in [1.54, 1.807) is 7.11 Å². The van der Waals surface area contributed by atoms with E-state index in [0.29, 0.717) is 12.6 Å². The molecule has 7 heteroatoms. The Labute approximate surface area is 205 Å². The molecule has 2 N–H and O–H groups in total. The van der Waals surface area contributed by atoms with Crippen LogP contribution in [-0.2, 0) is 6.54 Å². The second-order valence-electron chi connectivity index (χ2n) is 8.63. The number of para-hydroxylation sites is 1. The molecule has 2 aliphatic rings. The summed E-state index contributed by atoms with van der Waals surface area (Å²) < 4.78 is 11.9. The number of halogens is 1. The van der Waals surface area contributed by atoms with Gasteiger partial charge in [-0.2, -0.15) is 0 Å². The molecule has 2 fully saturated rings. The van der Waals surface area contributed by atoms with Crippen molar-refractivity contribution in [3.8, 4) is 11.5 Å². The maximum absolute atomic E-state index is 6.35. The maximum atomic E-state index is 6.35. The number of likely N-dealkylation sites (tertiary alicyclic amines) is 1. The zero-order valence-corrected chi connectivity index (χ0v) is 21.8. The van der Waals surface area contributed by atoms with E-state index >= 15 is 0 Å². The van der Waals surface area contributed by atoms with Crippen LogP contribution in [0.4, 0.5) is 0 Å². The van der Waals surface area contributed by atoms with Gasteiger partial charge in [0.1, 0.15) is 0 Å². The molecule has 1 aromatic rings. The van der Waals surface area contributed by atoms with Gasteiger partial charge >= 0.3 is 0 Å². The monoisotopic (exact) mass is 544 g/mol. The first-order valence-electron chi connectivity index (χ1n) is 11.7. The molecule has 0 atom stereocenters. The van der Waals surface area contributed by atoms with Crippen LogP contribution in [0.3, 0.4) is 0 Å². The maximum Gasteiger partial charge on any atom is 0.191 e. The molecular weight excluding hydrogens is 503 g/mol. The number of piperidine rings is 1. The van der Waals surface area contributed by atoms with Crippen LogP contribution in [0.1, 0.15) is 57.4 Å². The third-order valence-electron chi connectivity index (χ3n) is 6.30. The lowest BCUT2D eigenvalue weighted by molar-refractivity contribution is 0.198. The normalized spacial score (nSPS) is 18.5. The first kappa shape index (κ1) is 26.0. The Morgan fingerprint density at radius 3 is 2.55 bits per heavy atom. The second kappa shape index (κ2) is 14.0. The number of nitrogens with one attached hydrogen (secondary N) is 2. The van der Waals surface area contributed by atoms with Gasteiger partial charge in [-0.05, 0) is 84.0 Å². The van der Waals surface area contributed by atoms with E-state index in [2.05, 4.69) is 35.6 Å². The summed E-state index contributed by atoms with van der Waals surface area (Å²) in [7, 11) is 3.92. The molecule has 1 aromatic carbocycles. The molecule has 0 unspecified atom stereocenters. The highest BCUT2D eigenvalue weighted by Crippen LogP contribution is 2.35. The van der Waals surface area contributed by atoms with Gasteiger partial charge in [-0.3, -0.25) is 0 Å². The van der Waals surface area contributed by atoms with Gasteiger partial charge in [-0.1, -0.05) is 12.1 Å². The summed E-state index contributed by atoms with van der Waals surface area (Å²) in [6.07, 6.45) is 8.86. The van der Waals surface area contributed by atoms with E-state index in [9.17, 15) is 0 Å². The molecule has 1 heterocycles. The minimum Gasteiger partial charge on any atom is -0.493 e. The van der Waals surface area contributed by atoms with Crippen LogP contribution in [0.2, 0.25) is 0 Å². The highest BCUT2D eigenvalue weighted by atomic mass is 127. The zero-order chi connectivity index (χ0) is 21.2. The smallest absolute Gasteiger partial charge is 0.191 e. The van der Waals surface area contributed by atoms with E-state index in [0.717, 1.165) is 54.9 Å². The van der Waals surface area contributed by atoms with Crippen LogP contribution in [0.5, 0.6) is 11.5 Å². The predicted octanol–water partition coefficient (Wildman–Crippen LogP) is 4.42. The second-order valence-corrected chi connectivity index (χ2v) is 8.63. The Balaban J connectivity index is 0.00000341. The number of benzene rings is 1. The molecule has 1 saturated heterocycles. The Morgan fingerprint density at radius 1 is 1.13 bits per heavy atom. The van der Waals surface area contributed by atoms with Crippen molar-refractivity contribution in [1.82, 2.24) is 15.5 Å². The first-order chi connectivity index (χ1) is 14.7. The average Bonchev–Trinajstić information content (AvgIpc) is 3.27. The molecule has 3 rings (SSSR count). The molecule has 0 amide bonds. The number of aliphatic imine (C=N–C) groups is 1. The fraction of sp³-hybridized carbons (Fsp3) is 0.708. The fourth-order valence-electron chi connectivity index (χ4n) is 4.40. The van der Waals surface area contributed by atoms with Gasteiger partial charge < -0.3 is 25.0 Å². The molecule has 0 bridgehead atoms. The van der Waals surface area contributed by atoms with E-state index in [1.807, 2.05) is 12.1 Å². The van der Waals surface area contributed by atoms with Gasteiger partial charge in [0, 0.05) is 18.7 Å². The summed E-state index contributed by atoms with van der Waals surface area (Å²) in [4.78, 5) is 7.27. The molecule has 176 valence electrons. The van der Waals surface area contributed by atoms with Crippen molar-refractivity contribution in [3.05, 3.63) is 23.8 Å². The summed E-state index contributed by atoms with van der Waals surface area (Å²) in [6, 6.07) is 6.09. The van der Waals surface area contributed by atoms with Gasteiger partial charge in [-0.15, -0.1) is 24.0 Å². The molecule has 1 saturated carbocycles. The molecule has 1 aliphatic heterocycles. The van der Waals surface area contributed by atoms with Crippen molar-refractivity contribution >= 4 is 29.9 Å². The summed E-state index contributed by atoms with van der Waals surface area (Å²) >= 11 is 0. The number of rotatable bonds is 9. The van der Waals surface area contributed by atoms with Crippen LogP contribution in [0.15, 0.2) is 23.2 Å². The van der Waals surface area contributed by atoms with Crippen molar-refractivity contribution in [2.45, 2.75) is 64.5 Å². The van der Waals surface area contributed by atoms with Crippen LogP contribution < -0.4 is 20.1 Å². The largest absolute Gasteiger partial charge is 0.493 e. The fourth-order valence-corrected chi connectivity index (χ4v) is 4.40. The van der Waals surface area contributed by atoms with Crippen molar-refractivity contribution in [2.24, 2.45) is 10.9 Å². The quantitative estimate of drug-likeness (QED) is 0.274. The third-order valence-corrected chi connectivity index (χ3v) is 6.30. The van der Waals surface area contributed by atoms with Gasteiger partial charge in [-0.25, -0.2) is 4.99 Å². The highest BCUT2D eigenvalue weighted by molar-refractivity contribution is 14.0. The summed E-state index contributed by atoms with van der Waals surface area (Å²) in [5.74, 6) is 3.36. The van der Waals surface area contributed by atoms with Gasteiger partial charge in [0.25, 0.3) is 0 Å². The first-order valence-corrected chi connectivity index (χ1v) is 11.7. The predicted molar refractivity (Wildman–Crippen MR) is 139 cm³/mol. The standard InChI is InChI=1S/C24H40N4O2.HI/c1-4-25-24(26-15-12-19-13-16-28(2)17-14-19)27-18-20-8-7-11-22(29-3)23(20)30-21-9-5-6-10-21;/h7-8,11,19,21H,4-6,9-10,12-18H2,1-3H3,(H2,25,26,27);1H. The lowest BCUT2D eigenvalue weighted by Crippen LogP contribution is -2.39. The highest BCUT2D eigenvalue weighted by Gasteiger charge is 2.20. The average molecular weight is 545 g/mol. The molecule has 0 aromatic heterocycles. The Bertz CT molecular complexity index is 672. The number of nitrogens with zero attached hydrogens (tertiary/aromatic N) is 2. The number of guanidine groups is 1. The molecule has 0 spiro atoms. The number of hydrogen-bond acceptors (Lipinski definition) is 4. The lowest BCUT2D eigenvalue weighted by Gasteiger charge is -2.29. The van der Waals surface area contributed by atoms with Crippen LogP contribution in [0, 0.1) is 5.92 Å². The molecule has 31 heavy (non-hydrogen) atoms. The third kappa shape index (κ3) is 8.33. The van der Waals surface area contributed by atoms with Gasteiger partial charge in [0.15, 0.2) is 17.5 Å². The summed E-state index contributed by atoms with van der Waals surface area (Å²) in [5.41, 5.74) is 1.08. The zero-order valence-electron chi connectivity index (χ0n) is 19.5. The summed E-state index contributed by atoms with van der Waals surface area (Å²) in [5, 5.41) is 6.90. The van der Waals surface area contributed by atoms with E-state index < -0.39 is 0 Å². The topological polar surface area (TPSA) is 58.1 Å². The number of hydrogen-bond donors (Lipinski definition) is 2. The molecule has 1 aliphatic carbocycles. The van der Waals surface area contributed by atoms with Gasteiger partial charge in [0.05, 0.1) is 19.8 Å². The lowest BCUT2D eigenvalue weighted by atomic mass is 9.94. The van der Waals surface area contributed by atoms with Crippen LogP contribution in [-0.4, -0.2) is 57.3 Å². The minimum atomic E-state index is 0. The molecule has 0 radical (unpaired) electrons. The van der Waals surface area contributed by atoms with Crippen molar-refractivity contribution in [2.75, 3.05) is 40.3 Å². The minimum absolute atomic E-state index is 0.